The molecule has 4 heteroatoms. The van der Waals surface area contributed by atoms with E-state index in [0.29, 0.717) is 6.42 Å². The smallest absolute Gasteiger partial charge is 0.224 e. The molecule has 2 aliphatic rings. The molecular weight excluding hydrogens is 276 g/mol. The lowest BCUT2D eigenvalue weighted by atomic mass is 10.0. The summed E-state index contributed by atoms with van der Waals surface area (Å²) >= 11 is 0. The van der Waals surface area contributed by atoms with Gasteiger partial charge in [0.15, 0.2) is 0 Å². The van der Waals surface area contributed by atoms with E-state index in [1.807, 2.05) is 18.2 Å². The van der Waals surface area contributed by atoms with Gasteiger partial charge in [0, 0.05) is 31.3 Å². The highest BCUT2D eigenvalue weighted by Crippen LogP contribution is 2.31. The number of anilines is 2. The third-order valence-corrected chi connectivity index (χ3v) is 4.89. The first-order valence-corrected chi connectivity index (χ1v) is 8.34. The van der Waals surface area contributed by atoms with Crippen LogP contribution in [0.5, 0.6) is 0 Å². The number of hydrogen-bond donors (Lipinski definition) is 1. The van der Waals surface area contributed by atoms with Crippen LogP contribution >= 0.6 is 0 Å². The van der Waals surface area contributed by atoms with E-state index in [0.717, 1.165) is 42.2 Å². The van der Waals surface area contributed by atoms with Gasteiger partial charge in [-0.1, -0.05) is 25.7 Å². The normalized spacial score (nSPS) is 17.6. The van der Waals surface area contributed by atoms with Crippen molar-refractivity contribution in [2.45, 2.75) is 51.9 Å². The van der Waals surface area contributed by atoms with Crippen LogP contribution in [-0.2, 0) is 16.0 Å². The van der Waals surface area contributed by atoms with Crippen LogP contribution in [0.1, 0.15) is 51.0 Å². The highest BCUT2D eigenvalue weighted by molar-refractivity contribution is 5.95. The maximum Gasteiger partial charge on any atom is 0.224 e. The number of hydrogen-bond acceptors (Lipinski definition) is 2. The first kappa shape index (κ1) is 15.1. The fraction of sp³-hybridized carbons (Fsp3) is 0.556. The second kappa shape index (κ2) is 6.51. The number of nitrogens with one attached hydrogen (secondary N) is 1. The molecule has 0 unspecified atom stereocenters. The van der Waals surface area contributed by atoms with Gasteiger partial charge < -0.3 is 10.2 Å². The molecule has 1 aliphatic heterocycles. The van der Waals surface area contributed by atoms with E-state index >= 15 is 0 Å². The summed E-state index contributed by atoms with van der Waals surface area (Å²) in [5.41, 5.74) is 2.97. The van der Waals surface area contributed by atoms with E-state index in [1.165, 1.54) is 25.7 Å². The molecule has 1 saturated carbocycles. The number of nitrogens with zero attached hydrogens (tertiary/aromatic N) is 1. The monoisotopic (exact) mass is 300 g/mol. The maximum atomic E-state index is 12.1. The zero-order valence-electron chi connectivity index (χ0n) is 13.2. The molecule has 0 saturated heterocycles. The van der Waals surface area contributed by atoms with Crippen LogP contribution in [0.4, 0.5) is 11.4 Å². The summed E-state index contributed by atoms with van der Waals surface area (Å²) in [6.45, 7) is 2.33. The fourth-order valence-corrected chi connectivity index (χ4v) is 3.66. The second-order valence-electron chi connectivity index (χ2n) is 6.50. The zero-order chi connectivity index (χ0) is 15.5. The molecule has 3 rings (SSSR count). The van der Waals surface area contributed by atoms with Gasteiger partial charge in [-0.2, -0.15) is 0 Å². The van der Waals surface area contributed by atoms with E-state index < -0.39 is 0 Å². The molecule has 1 fully saturated rings. The van der Waals surface area contributed by atoms with Gasteiger partial charge in [-0.15, -0.1) is 0 Å². The van der Waals surface area contributed by atoms with Crippen molar-refractivity contribution in [1.82, 2.24) is 0 Å². The Bertz CT molecular complexity index is 576. The summed E-state index contributed by atoms with van der Waals surface area (Å²) in [6, 6.07) is 5.84. The molecule has 0 bridgehead atoms. The van der Waals surface area contributed by atoms with Crippen LogP contribution in [0.2, 0.25) is 0 Å². The quantitative estimate of drug-likeness (QED) is 0.925. The minimum absolute atomic E-state index is 0.0760. The van der Waals surface area contributed by atoms with E-state index in [9.17, 15) is 9.59 Å². The fourth-order valence-electron chi connectivity index (χ4n) is 3.66. The van der Waals surface area contributed by atoms with Crippen molar-refractivity contribution in [3.8, 4) is 0 Å². The highest BCUT2D eigenvalue weighted by Gasteiger charge is 2.22. The summed E-state index contributed by atoms with van der Waals surface area (Å²) in [6.07, 6.45) is 7.70. The molecule has 2 amide bonds. The number of benzene rings is 1. The molecule has 1 aromatic rings. The molecule has 1 aromatic carbocycles. The Labute approximate surface area is 131 Å². The molecule has 0 aromatic heterocycles. The molecule has 0 radical (unpaired) electrons. The van der Waals surface area contributed by atoms with E-state index in [-0.39, 0.29) is 11.8 Å². The molecule has 1 heterocycles. The molecule has 0 spiro atoms. The SMILES string of the molecule is CC(=O)N1CCc2cc(NC(=O)CCC3CCCC3)ccc21. The number of fused-ring (bicyclic) bond motifs is 1. The Balaban J connectivity index is 1.57. The van der Waals surface area contributed by atoms with Gasteiger partial charge in [0.2, 0.25) is 11.8 Å². The number of amides is 2. The Morgan fingerprint density at radius 1 is 1.27 bits per heavy atom. The van der Waals surface area contributed by atoms with Gasteiger partial charge in [0.05, 0.1) is 0 Å². The Hall–Kier alpha value is -1.84. The summed E-state index contributed by atoms with van der Waals surface area (Å²) in [7, 11) is 0. The van der Waals surface area contributed by atoms with Crippen molar-refractivity contribution in [3.05, 3.63) is 23.8 Å². The van der Waals surface area contributed by atoms with Crippen LogP contribution in [-0.4, -0.2) is 18.4 Å². The van der Waals surface area contributed by atoms with Crippen LogP contribution in [0.25, 0.3) is 0 Å². The lowest BCUT2D eigenvalue weighted by Crippen LogP contribution is -2.25. The summed E-state index contributed by atoms with van der Waals surface area (Å²) in [5, 5.41) is 3.00. The van der Waals surface area contributed by atoms with Gasteiger partial charge in [-0.25, -0.2) is 0 Å². The molecule has 118 valence electrons. The summed E-state index contributed by atoms with van der Waals surface area (Å²) < 4.78 is 0. The predicted octanol–water partition coefficient (Wildman–Crippen LogP) is 3.50. The topological polar surface area (TPSA) is 49.4 Å². The lowest BCUT2D eigenvalue weighted by molar-refractivity contribution is -0.117. The van der Waals surface area contributed by atoms with Gasteiger partial charge in [0.25, 0.3) is 0 Å². The largest absolute Gasteiger partial charge is 0.326 e. The average Bonchev–Trinajstić information content (AvgIpc) is 3.14. The van der Waals surface area contributed by atoms with Crippen LogP contribution in [0, 0.1) is 5.92 Å². The van der Waals surface area contributed by atoms with Crippen LogP contribution < -0.4 is 10.2 Å². The third-order valence-electron chi connectivity index (χ3n) is 4.89. The van der Waals surface area contributed by atoms with Crippen molar-refractivity contribution < 1.29 is 9.59 Å². The lowest BCUT2D eigenvalue weighted by Gasteiger charge is -2.15. The highest BCUT2D eigenvalue weighted by atomic mass is 16.2. The number of rotatable bonds is 4. The maximum absolute atomic E-state index is 12.1. The van der Waals surface area contributed by atoms with Crippen LogP contribution in [0.3, 0.4) is 0 Å². The third kappa shape index (κ3) is 3.32. The van der Waals surface area contributed by atoms with Crippen molar-refractivity contribution >= 4 is 23.2 Å². The molecule has 4 nitrogen and oxygen atoms in total. The molecule has 1 N–H and O–H groups in total. The average molecular weight is 300 g/mol. The van der Waals surface area contributed by atoms with E-state index in [2.05, 4.69) is 5.32 Å². The van der Waals surface area contributed by atoms with Gasteiger partial charge >= 0.3 is 0 Å². The standard InChI is InChI=1S/C18H24N2O2/c1-13(21)20-11-10-15-12-16(7-8-17(15)20)19-18(22)9-6-14-4-2-3-5-14/h7-8,12,14H,2-6,9-11H2,1H3,(H,19,22). The van der Waals surface area contributed by atoms with Crippen molar-refractivity contribution in [2.24, 2.45) is 5.92 Å². The number of carbonyl (C=O) groups excluding carboxylic acids is 2. The van der Waals surface area contributed by atoms with E-state index in [4.69, 9.17) is 0 Å². The molecule has 22 heavy (non-hydrogen) atoms. The number of carbonyl (C=O) groups is 2. The molecular formula is C18H24N2O2. The van der Waals surface area contributed by atoms with Gasteiger partial charge in [-0.3, -0.25) is 9.59 Å². The first-order valence-electron chi connectivity index (χ1n) is 8.34. The van der Waals surface area contributed by atoms with Gasteiger partial charge in [0.1, 0.15) is 0 Å². The van der Waals surface area contributed by atoms with Gasteiger partial charge in [-0.05, 0) is 42.5 Å². The van der Waals surface area contributed by atoms with Crippen LogP contribution in [0.15, 0.2) is 18.2 Å². The van der Waals surface area contributed by atoms with Crippen molar-refractivity contribution in [2.75, 3.05) is 16.8 Å². The zero-order valence-corrected chi connectivity index (χ0v) is 13.2. The minimum Gasteiger partial charge on any atom is -0.326 e. The van der Waals surface area contributed by atoms with Crippen molar-refractivity contribution in [3.63, 3.8) is 0 Å². The van der Waals surface area contributed by atoms with E-state index in [1.54, 1.807) is 11.8 Å². The summed E-state index contributed by atoms with van der Waals surface area (Å²) in [5.74, 6) is 0.926. The Morgan fingerprint density at radius 3 is 2.77 bits per heavy atom. The Kier molecular flexibility index (Phi) is 4.46. The molecule has 0 atom stereocenters. The minimum atomic E-state index is 0.0760. The second-order valence-corrected chi connectivity index (χ2v) is 6.50. The Morgan fingerprint density at radius 2 is 2.05 bits per heavy atom. The molecule has 1 aliphatic carbocycles. The first-order chi connectivity index (χ1) is 10.6. The summed E-state index contributed by atoms with van der Waals surface area (Å²) in [4.78, 5) is 25.4. The van der Waals surface area contributed by atoms with Crippen molar-refractivity contribution in [1.29, 1.82) is 0 Å². The predicted molar refractivity (Wildman–Crippen MR) is 88.0 cm³/mol.